The normalized spacial score (nSPS) is 17.1. The average molecular weight is 416 g/mol. The molecule has 0 atom stereocenters. The van der Waals surface area contributed by atoms with Gasteiger partial charge in [0.2, 0.25) is 0 Å². The SMILES string of the molecule is CCc1ccc(NC(N)=NCC2(c3ccc(Br)cc3)CCOCC2)cc1. The minimum atomic E-state index is -0.0165. The number of anilines is 1. The van der Waals surface area contributed by atoms with Crippen LogP contribution in [0.5, 0.6) is 0 Å². The second-order valence-corrected chi connectivity index (χ2v) is 7.69. The van der Waals surface area contributed by atoms with Gasteiger partial charge in [-0.25, -0.2) is 0 Å². The van der Waals surface area contributed by atoms with Crippen LogP contribution in [0.1, 0.15) is 30.9 Å². The number of halogens is 1. The van der Waals surface area contributed by atoms with Crippen LogP contribution in [-0.4, -0.2) is 25.7 Å². The van der Waals surface area contributed by atoms with Crippen LogP contribution in [0.3, 0.4) is 0 Å². The highest BCUT2D eigenvalue weighted by molar-refractivity contribution is 9.10. The van der Waals surface area contributed by atoms with Gasteiger partial charge >= 0.3 is 0 Å². The van der Waals surface area contributed by atoms with Crippen molar-refractivity contribution in [3.05, 3.63) is 64.1 Å². The number of ether oxygens (including phenoxy) is 1. The first-order valence-corrected chi connectivity index (χ1v) is 9.90. The highest BCUT2D eigenvalue weighted by Gasteiger charge is 2.34. The molecule has 3 rings (SSSR count). The molecule has 3 N–H and O–H groups in total. The Balaban J connectivity index is 1.73. The third kappa shape index (κ3) is 4.65. The molecule has 0 saturated carbocycles. The van der Waals surface area contributed by atoms with Gasteiger partial charge < -0.3 is 15.8 Å². The van der Waals surface area contributed by atoms with Gasteiger partial charge in [0.25, 0.3) is 0 Å². The Bertz CT molecular complexity index is 735. The standard InChI is InChI=1S/C21H26BrN3O/c1-2-16-3-9-19(10-4-16)25-20(23)24-15-21(11-13-26-14-12-21)17-5-7-18(22)8-6-17/h3-10H,2,11-15H2,1H3,(H3,23,24,25). The maximum Gasteiger partial charge on any atom is 0.193 e. The number of aliphatic imine (C=N–C) groups is 1. The first-order chi connectivity index (χ1) is 12.6. The van der Waals surface area contributed by atoms with E-state index in [9.17, 15) is 0 Å². The van der Waals surface area contributed by atoms with Crippen molar-refractivity contribution in [3.8, 4) is 0 Å². The molecule has 0 bridgehead atoms. The summed E-state index contributed by atoms with van der Waals surface area (Å²) in [5.41, 5.74) is 9.71. The Morgan fingerprint density at radius 1 is 1.12 bits per heavy atom. The molecule has 4 nitrogen and oxygen atoms in total. The molecule has 0 aromatic heterocycles. The Labute approximate surface area is 164 Å². The molecule has 0 spiro atoms. The summed E-state index contributed by atoms with van der Waals surface area (Å²) in [6, 6.07) is 16.8. The summed E-state index contributed by atoms with van der Waals surface area (Å²) >= 11 is 3.51. The largest absolute Gasteiger partial charge is 0.381 e. The molecule has 2 aromatic rings. The molecule has 0 amide bonds. The van der Waals surface area contributed by atoms with Gasteiger partial charge in [0.1, 0.15) is 0 Å². The Kier molecular flexibility index (Phi) is 6.33. The van der Waals surface area contributed by atoms with Gasteiger partial charge in [-0.1, -0.05) is 47.1 Å². The minimum Gasteiger partial charge on any atom is -0.381 e. The highest BCUT2D eigenvalue weighted by atomic mass is 79.9. The van der Waals surface area contributed by atoms with Gasteiger partial charge in [-0.15, -0.1) is 0 Å². The van der Waals surface area contributed by atoms with Crippen molar-refractivity contribution >= 4 is 27.6 Å². The van der Waals surface area contributed by atoms with Crippen molar-refractivity contribution < 1.29 is 4.74 Å². The molecular formula is C21H26BrN3O. The quantitative estimate of drug-likeness (QED) is 0.558. The number of rotatable bonds is 5. The Hall–Kier alpha value is -1.85. The lowest BCUT2D eigenvalue weighted by Gasteiger charge is -2.36. The summed E-state index contributed by atoms with van der Waals surface area (Å²) in [5, 5.41) is 3.20. The molecule has 26 heavy (non-hydrogen) atoms. The van der Waals surface area contributed by atoms with Crippen LogP contribution < -0.4 is 11.1 Å². The molecule has 1 saturated heterocycles. The second kappa shape index (κ2) is 8.69. The maximum absolute atomic E-state index is 6.15. The van der Waals surface area contributed by atoms with E-state index in [1.54, 1.807) is 0 Å². The van der Waals surface area contributed by atoms with Crippen LogP contribution in [0.2, 0.25) is 0 Å². The van der Waals surface area contributed by atoms with Crippen LogP contribution in [0.25, 0.3) is 0 Å². The predicted octanol–water partition coefficient (Wildman–Crippen LogP) is 4.49. The topological polar surface area (TPSA) is 59.6 Å². The number of guanidine groups is 1. The zero-order chi connectivity index (χ0) is 18.4. The number of benzene rings is 2. The zero-order valence-corrected chi connectivity index (χ0v) is 16.8. The van der Waals surface area contributed by atoms with E-state index < -0.39 is 0 Å². The van der Waals surface area contributed by atoms with Crippen molar-refractivity contribution in [2.75, 3.05) is 25.1 Å². The van der Waals surface area contributed by atoms with E-state index in [0.717, 1.165) is 42.6 Å². The molecule has 2 aromatic carbocycles. The summed E-state index contributed by atoms with van der Waals surface area (Å²) in [6.07, 6.45) is 2.94. The Morgan fingerprint density at radius 3 is 2.38 bits per heavy atom. The van der Waals surface area contributed by atoms with Gasteiger partial charge in [0.15, 0.2) is 5.96 Å². The van der Waals surface area contributed by atoms with Crippen LogP contribution >= 0.6 is 15.9 Å². The summed E-state index contributed by atoms with van der Waals surface area (Å²) in [4.78, 5) is 4.67. The molecule has 1 fully saturated rings. The fourth-order valence-electron chi connectivity index (χ4n) is 3.35. The van der Waals surface area contributed by atoms with Crippen LogP contribution in [0.15, 0.2) is 58.0 Å². The first-order valence-electron chi connectivity index (χ1n) is 9.11. The summed E-state index contributed by atoms with van der Waals surface area (Å²) in [5.74, 6) is 0.456. The van der Waals surface area contributed by atoms with Gasteiger partial charge in [0.05, 0.1) is 6.54 Å². The van der Waals surface area contributed by atoms with Crippen LogP contribution in [0.4, 0.5) is 5.69 Å². The number of nitrogens with two attached hydrogens (primary N) is 1. The van der Waals surface area contributed by atoms with E-state index >= 15 is 0 Å². The molecule has 0 radical (unpaired) electrons. The summed E-state index contributed by atoms with van der Waals surface area (Å²) in [6.45, 7) is 4.33. The van der Waals surface area contributed by atoms with Gasteiger partial charge in [-0.2, -0.15) is 0 Å². The minimum absolute atomic E-state index is 0.0165. The third-order valence-electron chi connectivity index (χ3n) is 5.09. The lowest BCUT2D eigenvalue weighted by molar-refractivity contribution is 0.0531. The summed E-state index contributed by atoms with van der Waals surface area (Å²) < 4.78 is 6.68. The molecule has 0 unspecified atom stereocenters. The van der Waals surface area contributed by atoms with E-state index in [2.05, 4.69) is 69.6 Å². The van der Waals surface area contributed by atoms with E-state index in [0.29, 0.717) is 12.5 Å². The van der Waals surface area contributed by atoms with Crippen molar-refractivity contribution in [2.45, 2.75) is 31.6 Å². The number of aryl methyl sites for hydroxylation is 1. The molecule has 1 aliphatic rings. The number of hydrogen-bond acceptors (Lipinski definition) is 2. The smallest absolute Gasteiger partial charge is 0.193 e. The van der Waals surface area contributed by atoms with E-state index in [1.807, 2.05) is 12.1 Å². The molecule has 5 heteroatoms. The average Bonchev–Trinajstić information content (AvgIpc) is 2.68. The molecular weight excluding hydrogens is 390 g/mol. The molecule has 0 aliphatic carbocycles. The van der Waals surface area contributed by atoms with Crippen LogP contribution in [-0.2, 0) is 16.6 Å². The van der Waals surface area contributed by atoms with E-state index in [4.69, 9.17) is 10.5 Å². The number of hydrogen-bond donors (Lipinski definition) is 2. The number of nitrogens with zero attached hydrogens (tertiary/aromatic N) is 1. The lowest BCUT2D eigenvalue weighted by atomic mass is 9.74. The number of nitrogens with one attached hydrogen (secondary N) is 1. The predicted molar refractivity (Wildman–Crippen MR) is 112 cm³/mol. The highest BCUT2D eigenvalue weighted by Crippen LogP contribution is 2.35. The van der Waals surface area contributed by atoms with Gasteiger partial charge in [-0.3, -0.25) is 4.99 Å². The van der Waals surface area contributed by atoms with Crippen LogP contribution in [0, 0.1) is 0 Å². The van der Waals surface area contributed by atoms with Crippen molar-refractivity contribution in [1.29, 1.82) is 0 Å². The van der Waals surface area contributed by atoms with Crippen molar-refractivity contribution in [2.24, 2.45) is 10.7 Å². The van der Waals surface area contributed by atoms with Gasteiger partial charge in [0, 0.05) is 28.8 Å². The lowest BCUT2D eigenvalue weighted by Crippen LogP contribution is -2.38. The second-order valence-electron chi connectivity index (χ2n) is 6.78. The molecule has 1 heterocycles. The van der Waals surface area contributed by atoms with Crippen molar-refractivity contribution in [1.82, 2.24) is 0 Å². The maximum atomic E-state index is 6.15. The third-order valence-corrected chi connectivity index (χ3v) is 5.62. The fourth-order valence-corrected chi connectivity index (χ4v) is 3.62. The van der Waals surface area contributed by atoms with E-state index in [1.165, 1.54) is 11.1 Å². The fraction of sp³-hybridized carbons (Fsp3) is 0.381. The molecule has 138 valence electrons. The van der Waals surface area contributed by atoms with Crippen molar-refractivity contribution in [3.63, 3.8) is 0 Å². The Morgan fingerprint density at radius 2 is 1.77 bits per heavy atom. The van der Waals surface area contributed by atoms with Gasteiger partial charge in [-0.05, 0) is 54.7 Å². The van der Waals surface area contributed by atoms with E-state index in [-0.39, 0.29) is 5.41 Å². The summed E-state index contributed by atoms with van der Waals surface area (Å²) in [7, 11) is 0. The zero-order valence-electron chi connectivity index (χ0n) is 15.2. The first kappa shape index (κ1) is 18.9. The monoisotopic (exact) mass is 415 g/mol. The molecule has 1 aliphatic heterocycles.